The van der Waals surface area contributed by atoms with E-state index in [1.807, 2.05) is 6.26 Å². The number of nitrogens with zero attached hydrogens (tertiary/aromatic N) is 1. The topological polar surface area (TPSA) is 42.0 Å². The monoisotopic (exact) mass is 214 g/mol. The van der Waals surface area contributed by atoms with Crippen LogP contribution in [0.3, 0.4) is 0 Å². The Morgan fingerprint density at radius 1 is 1.64 bits per heavy atom. The number of carbonyl (C=O) groups is 1. The highest BCUT2D eigenvalue weighted by Gasteiger charge is 2.04. The molecule has 1 rings (SSSR count). The maximum Gasteiger partial charge on any atom is 0.252 e. The first-order valence-corrected chi connectivity index (χ1v) is 5.52. The van der Waals surface area contributed by atoms with Crippen molar-refractivity contribution >= 4 is 17.7 Å². The van der Waals surface area contributed by atoms with E-state index in [1.165, 1.54) is 18.3 Å². The number of carbonyl (C=O) groups excluding carboxylic acids is 1. The Balaban J connectivity index is 2.48. The molecule has 1 heterocycles. The molecule has 76 valence electrons. The number of aromatic nitrogens is 1. The maximum absolute atomic E-state index is 12.4. The average Bonchev–Trinajstić information content (AvgIpc) is 2.19. The molecule has 0 aliphatic heterocycles. The minimum atomic E-state index is -0.578. The van der Waals surface area contributed by atoms with Crippen LogP contribution in [0.15, 0.2) is 18.3 Å². The van der Waals surface area contributed by atoms with Gasteiger partial charge in [0, 0.05) is 18.5 Å². The van der Waals surface area contributed by atoms with Gasteiger partial charge in [-0.3, -0.25) is 4.79 Å². The normalized spacial score (nSPS) is 9.86. The highest BCUT2D eigenvalue weighted by Crippen LogP contribution is 1.98. The van der Waals surface area contributed by atoms with Crippen LogP contribution in [0, 0.1) is 5.95 Å². The highest BCUT2D eigenvalue weighted by atomic mass is 32.2. The van der Waals surface area contributed by atoms with E-state index in [-0.39, 0.29) is 5.91 Å². The van der Waals surface area contributed by atoms with Crippen LogP contribution in [0.25, 0.3) is 0 Å². The van der Waals surface area contributed by atoms with Gasteiger partial charge in [0.15, 0.2) is 0 Å². The molecule has 0 radical (unpaired) electrons. The van der Waals surface area contributed by atoms with Gasteiger partial charge >= 0.3 is 0 Å². The summed E-state index contributed by atoms with van der Waals surface area (Å²) in [4.78, 5) is 14.7. The molecule has 1 amide bonds. The third-order valence-corrected chi connectivity index (χ3v) is 2.19. The molecule has 0 aromatic carbocycles. The smallest absolute Gasteiger partial charge is 0.252 e. The summed E-state index contributed by atoms with van der Waals surface area (Å²) in [6.45, 7) is 0.609. The average molecular weight is 214 g/mol. The first-order valence-electron chi connectivity index (χ1n) is 4.12. The fourth-order valence-electron chi connectivity index (χ4n) is 0.879. The Hall–Kier alpha value is -1.10. The van der Waals surface area contributed by atoms with E-state index in [9.17, 15) is 9.18 Å². The first kappa shape index (κ1) is 11.0. The molecule has 0 saturated carbocycles. The summed E-state index contributed by atoms with van der Waals surface area (Å²) in [5.74, 6) is 0.0672. The van der Waals surface area contributed by atoms with Crippen LogP contribution in [0.1, 0.15) is 10.4 Å². The van der Waals surface area contributed by atoms with Crippen molar-refractivity contribution in [3.8, 4) is 0 Å². The van der Waals surface area contributed by atoms with Gasteiger partial charge in [0.2, 0.25) is 5.95 Å². The molecule has 0 spiro atoms. The van der Waals surface area contributed by atoms with E-state index in [0.717, 1.165) is 5.75 Å². The van der Waals surface area contributed by atoms with Gasteiger partial charge in [-0.05, 0) is 18.4 Å². The Morgan fingerprint density at radius 3 is 3.00 bits per heavy atom. The van der Waals surface area contributed by atoms with Crippen LogP contribution in [0.5, 0.6) is 0 Å². The molecule has 0 unspecified atom stereocenters. The quantitative estimate of drug-likeness (QED) is 0.607. The van der Waals surface area contributed by atoms with Crippen molar-refractivity contribution < 1.29 is 9.18 Å². The summed E-state index contributed by atoms with van der Waals surface area (Å²) >= 11 is 1.65. The lowest BCUT2D eigenvalue weighted by Crippen LogP contribution is -2.25. The van der Waals surface area contributed by atoms with E-state index in [2.05, 4.69) is 10.3 Å². The third kappa shape index (κ3) is 3.33. The van der Waals surface area contributed by atoms with Crippen LogP contribution in [-0.4, -0.2) is 29.4 Å². The Kier molecular flexibility index (Phi) is 4.39. The summed E-state index contributed by atoms with van der Waals surface area (Å²) in [5.41, 5.74) is 0.382. The maximum atomic E-state index is 12.4. The van der Waals surface area contributed by atoms with Gasteiger partial charge in [0.05, 0.1) is 5.56 Å². The molecule has 5 heteroatoms. The number of hydrogen-bond acceptors (Lipinski definition) is 3. The Morgan fingerprint density at radius 2 is 2.43 bits per heavy atom. The molecular weight excluding hydrogens is 203 g/mol. The molecule has 0 aliphatic rings. The van der Waals surface area contributed by atoms with Crippen molar-refractivity contribution in [1.29, 1.82) is 0 Å². The van der Waals surface area contributed by atoms with Gasteiger partial charge in [-0.1, -0.05) is 0 Å². The number of rotatable bonds is 4. The SMILES string of the molecule is CSCCNC(=O)c1ccc(F)nc1. The van der Waals surface area contributed by atoms with Crippen molar-refractivity contribution in [2.75, 3.05) is 18.6 Å². The molecule has 0 fully saturated rings. The van der Waals surface area contributed by atoms with E-state index in [0.29, 0.717) is 12.1 Å². The van der Waals surface area contributed by atoms with Crippen LogP contribution in [0.2, 0.25) is 0 Å². The fourth-order valence-corrected chi connectivity index (χ4v) is 1.19. The summed E-state index contributed by atoms with van der Waals surface area (Å²) in [5, 5.41) is 2.70. The largest absolute Gasteiger partial charge is 0.351 e. The lowest BCUT2D eigenvalue weighted by atomic mass is 10.3. The number of thioether (sulfide) groups is 1. The van der Waals surface area contributed by atoms with E-state index < -0.39 is 5.95 Å². The summed E-state index contributed by atoms with van der Waals surface area (Å²) in [6, 6.07) is 2.58. The fraction of sp³-hybridized carbons (Fsp3) is 0.333. The number of halogens is 1. The van der Waals surface area contributed by atoms with Gasteiger partial charge in [0.25, 0.3) is 5.91 Å². The lowest BCUT2D eigenvalue weighted by molar-refractivity contribution is 0.0955. The molecule has 0 bridgehead atoms. The minimum Gasteiger partial charge on any atom is -0.351 e. The zero-order valence-corrected chi connectivity index (χ0v) is 8.60. The first-order chi connectivity index (χ1) is 6.74. The number of pyridine rings is 1. The van der Waals surface area contributed by atoms with Gasteiger partial charge in [-0.15, -0.1) is 0 Å². The molecule has 3 nitrogen and oxygen atoms in total. The summed E-state index contributed by atoms with van der Waals surface area (Å²) in [6.07, 6.45) is 3.19. The van der Waals surface area contributed by atoms with Crippen LogP contribution < -0.4 is 5.32 Å². The zero-order valence-electron chi connectivity index (χ0n) is 7.79. The lowest BCUT2D eigenvalue weighted by Gasteiger charge is -2.02. The van der Waals surface area contributed by atoms with Gasteiger partial charge in [0.1, 0.15) is 0 Å². The number of amides is 1. The summed E-state index contributed by atoms with van der Waals surface area (Å²) in [7, 11) is 0. The van der Waals surface area contributed by atoms with Gasteiger partial charge in [-0.2, -0.15) is 16.2 Å². The second-order valence-electron chi connectivity index (χ2n) is 2.62. The molecule has 1 aromatic heterocycles. The predicted molar refractivity (Wildman–Crippen MR) is 54.9 cm³/mol. The van der Waals surface area contributed by atoms with E-state index in [1.54, 1.807) is 11.8 Å². The molecule has 0 atom stereocenters. The second-order valence-corrected chi connectivity index (χ2v) is 3.60. The summed E-state index contributed by atoms with van der Waals surface area (Å²) < 4.78 is 12.4. The molecule has 0 aliphatic carbocycles. The molecular formula is C9H11FN2OS. The van der Waals surface area contributed by atoms with Crippen LogP contribution >= 0.6 is 11.8 Å². The second kappa shape index (κ2) is 5.59. The van der Waals surface area contributed by atoms with Crippen LogP contribution in [-0.2, 0) is 0 Å². The molecule has 1 N–H and O–H groups in total. The van der Waals surface area contributed by atoms with E-state index >= 15 is 0 Å². The predicted octanol–water partition coefficient (Wildman–Crippen LogP) is 1.31. The third-order valence-electron chi connectivity index (χ3n) is 1.58. The van der Waals surface area contributed by atoms with Crippen molar-refractivity contribution in [2.24, 2.45) is 0 Å². The van der Waals surface area contributed by atoms with Crippen molar-refractivity contribution in [3.05, 3.63) is 29.8 Å². The standard InChI is InChI=1S/C9H11FN2OS/c1-14-5-4-11-9(13)7-2-3-8(10)12-6-7/h2-3,6H,4-5H2,1H3,(H,11,13). The number of nitrogens with one attached hydrogen (secondary N) is 1. The van der Waals surface area contributed by atoms with Crippen LogP contribution in [0.4, 0.5) is 4.39 Å². The Bertz CT molecular complexity index is 302. The molecule has 1 aromatic rings. The van der Waals surface area contributed by atoms with Crippen molar-refractivity contribution in [2.45, 2.75) is 0 Å². The zero-order chi connectivity index (χ0) is 10.4. The van der Waals surface area contributed by atoms with Gasteiger partial charge < -0.3 is 5.32 Å². The highest BCUT2D eigenvalue weighted by molar-refractivity contribution is 7.98. The molecule has 0 saturated heterocycles. The number of hydrogen-bond donors (Lipinski definition) is 1. The Labute approximate surface area is 86.1 Å². The molecule has 14 heavy (non-hydrogen) atoms. The van der Waals surface area contributed by atoms with Gasteiger partial charge in [-0.25, -0.2) is 4.98 Å². The van der Waals surface area contributed by atoms with E-state index in [4.69, 9.17) is 0 Å². The van der Waals surface area contributed by atoms with Crippen molar-refractivity contribution in [1.82, 2.24) is 10.3 Å². The minimum absolute atomic E-state index is 0.216. The van der Waals surface area contributed by atoms with Crippen molar-refractivity contribution in [3.63, 3.8) is 0 Å².